The van der Waals surface area contributed by atoms with Crippen molar-refractivity contribution < 1.29 is 9.53 Å². The summed E-state index contributed by atoms with van der Waals surface area (Å²) >= 11 is 11.8. The molecule has 100 valence electrons. The van der Waals surface area contributed by atoms with Crippen LogP contribution in [-0.2, 0) is 16.1 Å². The van der Waals surface area contributed by atoms with Gasteiger partial charge >= 0.3 is 0 Å². The van der Waals surface area contributed by atoms with E-state index in [1.807, 2.05) is 6.07 Å². The fourth-order valence-corrected chi connectivity index (χ4v) is 1.77. The van der Waals surface area contributed by atoms with Crippen LogP contribution in [0.3, 0.4) is 0 Å². The van der Waals surface area contributed by atoms with Crippen LogP contribution in [-0.4, -0.2) is 32.7 Å². The van der Waals surface area contributed by atoms with Gasteiger partial charge in [0.05, 0.1) is 19.8 Å². The highest BCUT2D eigenvalue weighted by Crippen LogP contribution is 2.21. The van der Waals surface area contributed by atoms with Gasteiger partial charge in [-0.3, -0.25) is 4.79 Å². The molecule has 0 saturated carbocycles. The van der Waals surface area contributed by atoms with E-state index in [1.165, 1.54) is 0 Å². The first-order valence-corrected chi connectivity index (χ1v) is 6.32. The third kappa shape index (κ3) is 5.69. The third-order valence-electron chi connectivity index (χ3n) is 2.18. The van der Waals surface area contributed by atoms with E-state index in [4.69, 9.17) is 27.9 Å². The van der Waals surface area contributed by atoms with Crippen molar-refractivity contribution in [3.8, 4) is 0 Å². The van der Waals surface area contributed by atoms with Gasteiger partial charge in [0.25, 0.3) is 0 Å². The summed E-state index contributed by atoms with van der Waals surface area (Å²) in [6.45, 7) is 1.63. The number of benzene rings is 1. The molecule has 0 fully saturated rings. The molecule has 0 spiro atoms. The van der Waals surface area contributed by atoms with Crippen molar-refractivity contribution in [3.05, 3.63) is 33.8 Å². The van der Waals surface area contributed by atoms with Crippen molar-refractivity contribution in [1.29, 1.82) is 0 Å². The molecule has 0 heterocycles. The molecule has 1 amide bonds. The standard InChI is InChI=1S/C12H16Cl2N2O2/c1-15-7-12(17)16-4-5-18-8-9-2-3-10(13)6-11(9)14/h2-3,6,15H,4-5,7-8H2,1H3,(H,16,17). The lowest BCUT2D eigenvalue weighted by atomic mass is 10.2. The van der Waals surface area contributed by atoms with Gasteiger partial charge in [-0.15, -0.1) is 0 Å². The minimum atomic E-state index is -0.0503. The Bertz CT molecular complexity index is 400. The normalized spacial score (nSPS) is 10.4. The largest absolute Gasteiger partial charge is 0.375 e. The molecule has 0 bridgehead atoms. The number of ether oxygens (including phenoxy) is 1. The summed E-state index contributed by atoms with van der Waals surface area (Å²) in [4.78, 5) is 11.1. The zero-order chi connectivity index (χ0) is 13.4. The molecule has 18 heavy (non-hydrogen) atoms. The molecule has 1 aromatic carbocycles. The van der Waals surface area contributed by atoms with Crippen LogP contribution in [0, 0.1) is 0 Å². The summed E-state index contributed by atoms with van der Waals surface area (Å²) in [5.41, 5.74) is 0.877. The van der Waals surface area contributed by atoms with Gasteiger partial charge in [-0.1, -0.05) is 29.3 Å². The number of nitrogens with one attached hydrogen (secondary N) is 2. The van der Waals surface area contributed by atoms with E-state index in [9.17, 15) is 4.79 Å². The van der Waals surface area contributed by atoms with Crippen LogP contribution in [0.25, 0.3) is 0 Å². The predicted octanol–water partition coefficient (Wildman–Crippen LogP) is 1.85. The van der Waals surface area contributed by atoms with Crippen molar-refractivity contribution in [2.75, 3.05) is 26.7 Å². The minimum Gasteiger partial charge on any atom is -0.375 e. The topological polar surface area (TPSA) is 50.4 Å². The summed E-state index contributed by atoms with van der Waals surface area (Å²) in [6, 6.07) is 5.27. The lowest BCUT2D eigenvalue weighted by Crippen LogP contribution is -2.34. The number of halogens is 2. The third-order valence-corrected chi connectivity index (χ3v) is 2.77. The van der Waals surface area contributed by atoms with Gasteiger partial charge in [-0.2, -0.15) is 0 Å². The van der Waals surface area contributed by atoms with Crippen LogP contribution in [0.2, 0.25) is 10.0 Å². The highest BCUT2D eigenvalue weighted by Gasteiger charge is 2.02. The Balaban J connectivity index is 2.20. The molecule has 0 aliphatic carbocycles. The zero-order valence-electron chi connectivity index (χ0n) is 10.1. The van der Waals surface area contributed by atoms with Crippen molar-refractivity contribution in [3.63, 3.8) is 0 Å². The second kappa shape index (κ2) is 8.32. The molecule has 0 saturated heterocycles. The molecule has 2 N–H and O–H groups in total. The maximum atomic E-state index is 11.1. The molecular formula is C12H16Cl2N2O2. The van der Waals surface area contributed by atoms with Crippen LogP contribution in [0.5, 0.6) is 0 Å². The number of carbonyl (C=O) groups excluding carboxylic acids is 1. The first-order chi connectivity index (χ1) is 8.63. The molecule has 1 rings (SSSR count). The Labute approximate surface area is 117 Å². The molecule has 0 aliphatic heterocycles. The zero-order valence-corrected chi connectivity index (χ0v) is 11.6. The summed E-state index contributed by atoms with van der Waals surface area (Å²) in [5.74, 6) is -0.0503. The number of likely N-dealkylation sites (N-methyl/N-ethyl adjacent to an activating group) is 1. The Kier molecular flexibility index (Phi) is 7.05. The second-order valence-electron chi connectivity index (χ2n) is 3.67. The first kappa shape index (κ1) is 15.2. The van der Waals surface area contributed by atoms with Crippen LogP contribution < -0.4 is 10.6 Å². The van der Waals surface area contributed by atoms with Gasteiger partial charge < -0.3 is 15.4 Å². The van der Waals surface area contributed by atoms with Crippen molar-refractivity contribution >= 4 is 29.1 Å². The van der Waals surface area contributed by atoms with E-state index in [1.54, 1.807) is 19.2 Å². The number of amides is 1. The Morgan fingerprint density at radius 3 is 2.83 bits per heavy atom. The van der Waals surface area contributed by atoms with Crippen LogP contribution in [0.1, 0.15) is 5.56 Å². The van der Waals surface area contributed by atoms with E-state index < -0.39 is 0 Å². The average molecular weight is 291 g/mol. The maximum absolute atomic E-state index is 11.1. The van der Waals surface area contributed by atoms with Gasteiger partial charge in [-0.25, -0.2) is 0 Å². The Hall–Kier alpha value is -0.810. The number of hydrogen-bond acceptors (Lipinski definition) is 3. The van der Waals surface area contributed by atoms with E-state index in [-0.39, 0.29) is 5.91 Å². The molecule has 1 aromatic rings. The molecule has 6 heteroatoms. The van der Waals surface area contributed by atoms with Crippen LogP contribution in [0.4, 0.5) is 0 Å². The molecule has 0 aliphatic rings. The van der Waals surface area contributed by atoms with Crippen LogP contribution >= 0.6 is 23.2 Å². The minimum absolute atomic E-state index is 0.0503. The van der Waals surface area contributed by atoms with Gasteiger partial charge in [0.2, 0.25) is 5.91 Å². The number of hydrogen-bond donors (Lipinski definition) is 2. The quantitative estimate of drug-likeness (QED) is 0.754. The summed E-state index contributed by atoms with van der Waals surface area (Å²) in [7, 11) is 1.72. The maximum Gasteiger partial charge on any atom is 0.234 e. The van der Waals surface area contributed by atoms with E-state index in [0.29, 0.717) is 36.3 Å². The fraction of sp³-hybridized carbons (Fsp3) is 0.417. The molecular weight excluding hydrogens is 275 g/mol. The predicted molar refractivity (Wildman–Crippen MR) is 73.1 cm³/mol. The summed E-state index contributed by atoms with van der Waals surface area (Å²) in [6.07, 6.45) is 0. The number of rotatable bonds is 7. The monoisotopic (exact) mass is 290 g/mol. The molecule has 0 atom stereocenters. The smallest absolute Gasteiger partial charge is 0.234 e. The highest BCUT2D eigenvalue weighted by atomic mass is 35.5. The van der Waals surface area contributed by atoms with E-state index >= 15 is 0 Å². The summed E-state index contributed by atoms with van der Waals surface area (Å²) in [5, 5.41) is 6.66. The SMILES string of the molecule is CNCC(=O)NCCOCc1ccc(Cl)cc1Cl. The van der Waals surface area contributed by atoms with E-state index in [2.05, 4.69) is 10.6 Å². The molecule has 0 radical (unpaired) electrons. The lowest BCUT2D eigenvalue weighted by molar-refractivity contribution is -0.120. The Morgan fingerprint density at radius 2 is 2.17 bits per heavy atom. The molecule has 0 unspecified atom stereocenters. The van der Waals surface area contributed by atoms with Crippen LogP contribution in [0.15, 0.2) is 18.2 Å². The van der Waals surface area contributed by atoms with Gasteiger partial charge in [0, 0.05) is 16.6 Å². The fourth-order valence-electron chi connectivity index (χ4n) is 1.31. The first-order valence-electron chi connectivity index (χ1n) is 5.56. The number of carbonyl (C=O) groups is 1. The summed E-state index contributed by atoms with van der Waals surface area (Å²) < 4.78 is 5.41. The lowest BCUT2D eigenvalue weighted by Gasteiger charge is -2.07. The van der Waals surface area contributed by atoms with Crippen molar-refractivity contribution in [1.82, 2.24) is 10.6 Å². The second-order valence-corrected chi connectivity index (χ2v) is 4.51. The Morgan fingerprint density at radius 1 is 1.39 bits per heavy atom. The van der Waals surface area contributed by atoms with Gasteiger partial charge in [0.15, 0.2) is 0 Å². The van der Waals surface area contributed by atoms with Gasteiger partial charge in [0.1, 0.15) is 0 Å². The van der Waals surface area contributed by atoms with E-state index in [0.717, 1.165) is 5.56 Å². The highest BCUT2D eigenvalue weighted by molar-refractivity contribution is 6.35. The molecule has 4 nitrogen and oxygen atoms in total. The van der Waals surface area contributed by atoms with Crippen molar-refractivity contribution in [2.24, 2.45) is 0 Å². The van der Waals surface area contributed by atoms with Gasteiger partial charge in [-0.05, 0) is 24.7 Å². The molecule has 0 aromatic heterocycles. The van der Waals surface area contributed by atoms with Crippen molar-refractivity contribution in [2.45, 2.75) is 6.61 Å². The average Bonchev–Trinajstić information content (AvgIpc) is 2.31.